The fraction of sp³-hybridized carbons (Fsp3) is 0.867. The molecule has 0 bridgehead atoms. The lowest BCUT2D eigenvalue weighted by atomic mass is 10.2. The standard InChI is InChI=1S/C15H24O4S2/c1-14(2)16-9-10(17-14)8-11-12(19-15(3,4)18-11)13-20-6-5-7-21-13/h8,10,12-13H,5-7,9H2,1-4H3/b11-8-/t10-,12+/m0/s1. The summed E-state index contributed by atoms with van der Waals surface area (Å²) in [6.45, 7) is 8.37. The number of rotatable bonds is 2. The third-order valence-electron chi connectivity index (χ3n) is 3.54. The van der Waals surface area contributed by atoms with E-state index in [1.165, 1.54) is 17.9 Å². The number of thioether (sulfide) groups is 2. The van der Waals surface area contributed by atoms with E-state index in [9.17, 15) is 0 Å². The summed E-state index contributed by atoms with van der Waals surface area (Å²) in [5.41, 5.74) is 0. The minimum Gasteiger partial charge on any atom is -0.465 e. The van der Waals surface area contributed by atoms with Crippen molar-refractivity contribution >= 4 is 23.5 Å². The van der Waals surface area contributed by atoms with Gasteiger partial charge in [0.05, 0.1) is 11.2 Å². The van der Waals surface area contributed by atoms with Crippen molar-refractivity contribution in [2.45, 2.75) is 62.5 Å². The molecule has 3 aliphatic rings. The zero-order valence-corrected chi connectivity index (χ0v) is 14.7. The van der Waals surface area contributed by atoms with Crippen molar-refractivity contribution in [2.75, 3.05) is 18.1 Å². The van der Waals surface area contributed by atoms with Crippen LogP contribution in [0.1, 0.15) is 34.1 Å². The van der Waals surface area contributed by atoms with Crippen molar-refractivity contribution in [3.05, 3.63) is 11.8 Å². The van der Waals surface area contributed by atoms with Crippen LogP contribution in [0.4, 0.5) is 0 Å². The SMILES string of the molecule is CC1(C)O/C(=C\[C@H]2COC(C)(C)O2)[C@H](C2SCCCS2)O1. The molecule has 3 heterocycles. The van der Waals surface area contributed by atoms with Crippen molar-refractivity contribution in [1.82, 2.24) is 0 Å². The Morgan fingerprint density at radius 1 is 1.05 bits per heavy atom. The zero-order valence-electron chi connectivity index (χ0n) is 13.1. The number of hydrogen-bond acceptors (Lipinski definition) is 6. The van der Waals surface area contributed by atoms with Crippen molar-refractivity contribution in [3.8, 4) is 0 Å². The summed E-state index contributed by atoms with van der Waals surface area (Å²) in [7, 11) is 0. The van der Waals surface area contributed by atoms with Crippen molar-refractivity contribution in [1.29, 1.82) is 0 Å². The maximum absolute atomic E-state index is 6.13. The Hall–Kier alpha value is 0.120. The van der Waals surface area contributed by atoms with Crippen molar-refractivity contribution in [2.24, 2.45) is 0 Å². The maximum atomic E-state index is 6.13. The van der Waals surface area contributed by atoms with Crippen LogP contribution in [0.2, 0.25) is 0 Å². The molecule has 3 aliphatic heterocycles. The number of ether oxygens (including phenoxy) is 4. The molecule has 120 valence electrons. The zero-order chi connectivity index (χ0) is 15.1. The topological polar surface area (TPSA) is 36.9 Å². The highest BCUT2D eigenvalue weighted by atomic mass is 32.2. The van der Waals surface area contributed by atoms with Gasteiger partial charge in [0.15, 0.2) is 5.79 Å². The Balaban J connectivity index is 1.74. The van der Waals surface area contributed by atoms with Gasteiger partial charge in [-0.3, -0.25) is 0 Å². The fourth-order valence-electron chi connectivity index (χ4n) is 2.71. The van der Waals surface area contributed by atoms with Crippen LogP contribution in [-0.2, 0) is 18.9 Å². The van der Waals surface area contributed by atoms with E-state index in [1.807, 2.05) is 57.3 Å². The van der Waals surface area contributed by atoms with E-state index in [0.717, 1.165) is 5.76 Å². The summed E-state index contributed by atoms with van der Waals surface area (Å²) in [4.78, 5) is 0. The molecule has 21 heavy (non-hydrogen) atoms. The fourth-order valence-corrected chi connectivity index (χ4v) is 5.67. The van der Waals surface area contributed by atoms with E-state index in [4.69, 9.17) is 18.9 Å². The molecule has 3 saturated heterocycles. The average Bonchev–Trinajstić information content (AvgIpc) is 2.90. The van der Waals surface area contributed by atoms with Gasteiger partial charge in [0.25, 0.3) is 0 Å². The van der Waals surface area contributed by atoms with Crippen LogP contribution >= 0.6 is 23.5 Å². The molecule has 2 atom stereocenters. The van der Waals surface area contributed by atoms with E-state index >= 15 is 0 Å². The molecule has 0 aromatic rings. The lowest BCUT2D eigenvalue weighted by molar-refractivity contribution is -0.134. The highest BCUT2D eigenvalue weighted by Crippen LogP contribution is 2.43. The highest BCUT2D eigenvalue weighted by molar-refractivity contribution is 8.17. The minimum absolute atomic E-state index is 0.00242. The molecular weight excluding hydrogens is 308 g/mol. The largest absolute Gasteiger partial charge is 0.465 e. The van der Waals surface area contributed by atoms with Gasteiger partial charge in [-0.25, -0.2) is 0 Å². The Kier molecular flexibility index (Phi) is 4.54. The molecule has 0 N–H and O–H groups in total. The second-order valence-electron chi connectivity index (χ2n) is 6.44. The first-order chi connectivity index (χ1) is 9.85. The molecule has 6 heteroatoms. The third kappa shape index (κ3) is 3.91. The predicted molar refractivity (Wildman–Crippen MR) is 86.3 cm³/mol. The second-order valence-corrected chi connectivity index (χ2v) is 9.24. The quantitative estimate of drug-likeness (QED) is 0.772. The lowest BCUT2D eigenvalue weighted by Gasteiger charge is -2.26. The van der Waals surface area contributed by atoms with Gasteiger partial charge in [-0.15, -0.1) is 23.5 Å². The van der Waals surface area contributed by atoms with E-state index in [2.05, 4.69) is 0 Å². The Labute approximate surface area is 135 Å². The molecule has 0 amide bonds. The summed E-state index contributed by atoms with van der Waals surface area (Å²) in [6.07, 6.45) is 3.26. The molecule has 0 aromatic heterocycles. The van der Waals surface area contributed by atoms with Crippen LogP contribution in [0.15, 0.2) is 11.8 Å². The maximum Gasteiger partial charge on any atom is 0.205 e. The lowest BCUT2D eigenvalue weighted by Crippen LogP contribution is -2.28. The monoisotopic (exact) mass is 332 g/mol. The summed E-state index contributed by atoms with van der Waals surface area (Å²) >= 11 is 3.94. The van der Waals surface area contributed by atoms with Crippen LogP contribution in [0.5, 0.6) is 0 Å². The van der Waals surface area contributed by atoms with Gasteiger partial charge in [-0.1, -0.05) is 0 Å². The van der Waals surface area contributed by atoms with E-state index < -0.39 is 11.6 Å². The number of hydrogen-bond donors (Lipinski definition) is 0. The van der Waals surface area contributed by atoms with Gasteiger partial charge in [0.1, 0.15) is 18.0 Å². The molecular formula is C15H24O4S2. The third-order valence-corrected chi connectivity index (χ3v) is 6.55. The van der Waals surface area contributed by atoms with Gasteiger partial charge in [-0.2, -0.15) is 0 Å². The highest BCUT2D eigenvalue weighted by Gasteiger charge is 2.44. The molecule has 0 unspecified atom stereocenters. The molecule has 4 nitrogen and oxygen atoms in total. The van der Waals surface area contributed by atoms with Gasteiger partial charge in [-0.05, 0) is 37.9 Å². The minimum atomic E-state index is -0.565. The molecule has 0 aromatic carbocycles. The Bertz CT molecular complexity index is 416. The molecule has 0 aliphatic carbocycles. The average molecular weight is 332 g/mol. The Morgan fingerprint density at radius 3 is 2.38 bits per heavy atom. The molecule has 0 saturated carbocycles. The van der Waals surface area contributed by atoms with Crippen LogP contribution < -0.4 is 0 Å². The smallest absolute Gasteiger partial charge is 0.205 e. The van der Waals surface area contributed by atoms with E-state index in [0.29, 0.717) is 11.2 Å². The van der Waals surface area contributed by atoms with Crippen LogP contribution in [0.25, 0.3) is 0 Å². The van der Waals surface area contributed by atoms with Crippen LogP contribution in [0, 0.1) is 0 Å². The van der Waals surface area contributed by atoms with E-state index in [-0.39, 0.29) is 12.2 Å². The normalized spacial score (nSPS) is 37.8. The van der Waals surface area contributed by atoms with Crippen molar-refractivity contribution < 1.29 is 18.9 Å². The van der Waals surface area contributed by atoms with Gasteiger partial charge >= 0.3 is 0 Å². The second kappa shape index (κ2) is 5.96. The van der Waals surface area contributed by atoms with Crippen LogP contribution in [0.3, 0.4) is 0 Å². The molecule has 3 fully saturated rings. The Morgan fingerprint density at radius 2 is 1.76 bits per heavy atom. The van der Waals surface area contributed by atoms with Gasteiger partial charge in [0, 0.05) is 13.8 Å². The van der Waals surface area contributed by atoms with Gasteiger partial charge < -0.3 is 18.9 Å². The molecule has 3 rings (SSSR count). The first kappa shape index (κ1) is 16.0. The van der Waals surface area contributed by atoms with E-state index in [1.54, 1.807) is 0 Å². The summed E-state index contributed by atoms with van der Waals surface area (Å²) in [6, 6.07) is 0. The van der Waals surface area contributed by atoms with Gasteiger partial charge in [0.2, 0.25) is 5.79 Å². The van der Waals surface area contributed by atoms with Crippen molar-refractivity contribution in [3.63, 3.8) is 0 Å². The summed E-state index contributed by atoms with van der Waals surface area (Å²) in [5, 5.41) is 0. The molecule has 0 radical (unpaired) electrons. The summed E-state index contributed by atoms with van der Waals surface area (Å²) in [5.74, 6) is 2.21. The first-order valence-electron chi connectivity index (χ1n) is 7.48. The summed E-state index contributed by atoms with van der Waals surface area (Å²) < 4.78 is 24.0. The first-order valence-corrected chi connectivity index (χ1v) is 9.58. The van der Waals surface area contributed by atoms with Crippen LogP contribution in [-0.4, -0.2) is 46.5 Å². The predicted octanol–water partition coefficient (Wildman–Crippen LogP) is 3.37. The molecule has 0 spiro atoms.